The maximum Gasteiger partial charge on any atom is 1.00 e. The number of ether oxygens (including phenoxy) is 2. The summed E-state index contributed by atoms with van der Waals surface area (Å²) in [6, 6.07) is 31.0. The molecule has 0 atom stereocenters. The van der Waals surface area contributed by atoms with Crippen molar-refractivity contribution in [2.45, 2.75) is 4.90 Å². The Bertz CT molecular complexity index is 2470. The third-order valence-corrected chi connectivity index (χ3v) is 9.95. The Morgan fingerprint density at radius 3 is 1.37 bits per heavy atom. The monoisotopic (exact) mass is 822 g/mol. The molecule has 296 valence electrons. The van der Waals surface area contributed by atoms with Crippen molar-refractivity contribution in [3.05, 3.63) is 114 Å². The molecule has 2 aliphatic heterocycles. The van der Waals surface area contributed by atoms with Gasteiger partial charge in [-0.2, -0.15) is 29.9 Å². The topological polar surface area (TPSA) is 208 Å². The minimum Gasteiger partial charge on any atom is -0.744 e. The quantitative estimate of drug-likeness (QED) is 0.0751. The Morgan fingerprint density at radius 2 is 0.932 bits per heavy atom. The number of anilines is 10. The van der Waals surface area contributed by atoms with Gasteiger partial charge in [-0.15, -0.1) is 0 Å². The third-order valence-electron chi connectivity index (χ3n) is 9.06. The van der Waals surface area contributed by atoms with Gasteiger partial charge in [-0.25, -0.2) is 8.42 Å². The Kier molecular flexibility index (Phi) is 13.6. The van der Waals surface area contributed by atoms with Crippen LogP contribution in [0.25, 0.3) is 12.2 Å². The second-order valence-corrected chi connectivity index (χ2v) is 14.5. The SMILES string of the molecule is O=S(=O)([O-])c1cc(Nc2nc(Nc3ccccc3)nc(N3CCOCC3)n2)ccc1/C=C/c1ccc(Nc2nc(Nc3ccccc3)nc(N3CCOCC3)n2)cc1.[Na+]. The zero-order valence-electron chi connectivity index (χ0n) is 32.2. The molecule has 2 saturated heterocycles. The summed E-state index contributed by atoms with van der Waals surface area (Å²) in [6.07, 6.45) is 3.31. The van der Waals surface area contributed by atoms with Crippen LogP contribution in [-0.2, 0) is 19.6 Å². The summed E-state index contributed by atoms with van der Waals surface area (Å²) < 4.78 is 48.6. The molecule has 2 aliphatic rings. The molecule has 0 aliphatic carbocycles. The van der Waals surface area contributed by atoms with Gasteiger partial charge in [-0.05, 0) is 59.7 Å². The van der Waals surface area contributed by atoms with Crippen LogP contribution in [0, 0.1) is 0 Å². The first-order valence-corrected chi connectivity index (χ1v) is 20.0. The molecular formula is C40H39N12NaO5S. The van der Waals surface area contributed by atoms with Gasteiger partial charge in [0, 0.05) is 48.9 Å². The predicted octanol–water partition coefficient (Wildman–Crippen LogP) is 2.78. The average Bonchev–Trinajstić information content (AvgIpc) is 3.24. The van der Waals surface area contributed by atoms with E-state index in [0.29, 0.717) is 88.0 Å². The molecule has 0 saturated carbocycles. The van der Waals surface area contributed by atoms with Crippen LogP contribution in [0.2, 0.25) is 0 Å². The Balaban J connectivity index is 0.00000528. The standard InChI is InChI=1S/C40H40N12O5S.Na/c53-58(54,55)34-27-33(44-38-46-36(42-31-9-5-2-6-10-31)48-40(50-38)52-21-25-57-26-22-52)18-15-29(34)14-11-28-12-16-32(17-13-28)43-37-45-35(41-30-7-3-1-4-8-30)47-39(49-37)51-19-23-56-24-20-51;/h1-18,27H,19-26H2,(H,53,54,55)(H2,41,43,45,47,49)(H2,42,44,46,48,50);/q;+1/p-1/b14-11+;. The van der Waals surface area contributed by atoms with Crippen molar-refractivity contribution in [2.75, 3.05) is 83.7 Å². The van der Waals surface area contributed by atoms with Crippen LogP contribution in [0.3, 0.4) is 0 Å². The third kappa shape index (κ3) is 11.3. The van der Waals surface area contributed by atoms with Gasteiger partial charge < -0.3 is 45.1 Å². The van der Waals surface area contributed by atoms with Gasteiger partial charge in [0.15, 0.2) is 0 Å². The number of para-hydroxylation sites is 2. The van der Waals surface area contributed by atoms with Crippen LogP contribution in [0.1, 0.15) is 11.1 Å². The fourth-order valence-corrected chi connectivity index (χ4v) is 6.85. The molecule has 17 nitrogen and oxygen atoms in total. The molecule has 2 aromatic heterocycles. The Morgan fingerprint density at radius 1 is 0.525 bits per heavy atom. The molecule has 6 aromatic rings. The van der Waals surface area contributed by atoms with Crippen LogP contribution in [-0.4, -0.2) is 95.5 Å². The van der Waals surface area contributed by atoms with Crippen molar-refractivity contribution in [3.63, 3.8) is 0 Å². The second kappa shape index (κ2) is 19.3. The van der Waals surface area contributed by atoms with E-state index in [4.69, 9.17) is 9.47 Å². The van der Waals surface area contributed by atoms with Crippen LogP contribution < -0.4 is 60.6 Å². The van der Waals surface area contributed by atoms with Crippen molar-refractivity contribution >= 4 is 80.7 Å². The molecule has 8 rings (SSSR count). The fourth-order valence-electron chi connectivity index (χ4n) is 6.15. The number of hydrogen-bond donors (Lipinski definition) is 4. The van der Waals surface area contributed by atoms with Gasteiger partial charge in [-0.3, -0.25) is 0 Å². The van der Waals surface area contributed by atoms with Crippen molar-refractivity contribution < 1.29 is 52.0 Å². The van der Waals surface area contributed by atoms with Gasteiger partial charge in [-0.1, -0.05) is 66.7 Å². The van der Waals surface area contributed by atoms with Gasteiger partial charge in [0.1, 0.15) is 10.1 Å². The summed E-state index contributed by atoms with van der Waals surface area (Å²) in [5.74, 6) is 2.16. The van der Waals surface area contributed by atoms with Crippen molar-refractivity contribution in [3.8, 4) is 0 Å². The molecule has 2 fully saturated rings. The van der Waals surface area contributed by atoms with E-state index in [0.717, 1.165) is 22.6 Å². The number of nitrogens with zero attached hydrogens (tertiary/aromatic N) is 8. The first kappa shape index (κ1) is 41.4. The van der Waals surface area contributed by atoms with Crippen LogP contribution >= 0.6 is 0 Å². The molecule has 0 unspecified atom stereocenters. The maximum absolute atomic E-state index is 12.5. The van der Waals surface area contributed by atoms with Crippen molar-refractivity contribution in [1.29, 1.82) is 0 Å². The molecule has 0 radical (unpaired) electrons. The fraction of sp³-hybridized carbons (Fsp3) is 0.200. The summed E-state index contributed by atoms with van der Waals surface area (Å²) in [4.78, 5) is 31.3. The van der Waals surface area contributed by atoms with Crippen LogP contribution in [0.15, 0.2) is 108 Å². The van der Waals surface area contributed by atoms with E-state index in [2.05, 4.69) is 56.1 Å². The summed E-state index contributed by atoms with van der Waals surface area (Å²) in [5.41, 5.74) is 3.63. The van der Waals surface area contributed by atoms with Crippen LogP contribution in [0.5, 0.6) is 0 Å². The largest absolute Gasteiger partial charge is 1.00 e. The first-order valence-electron chi connectivity index (χ1n) is 18.5. The normalized spacial score (nSPS) is 14.4. The predicted molar refractivity (Wildman–Crippen MR) is 222 cm³/mol. The molecule has 19 heteroatoms. The smallest absolute Gasteiger partial charge is 0.744 e. The maximum atomic E-state index is 12.5. The summed E-state index contributed by atoms with van der Waals surface area (Å²) >= 11 is 0. The minimum absolute atomic E-state index is 0. The van der Waals surface area contributed by atoms with E-state index < -0.39 is 15.0 Å². The molecule has 0 bridgehead atoms. The van der Waals surface area contributed by atoms with Gasteiger partial charge in [0.05, 0.1) is 31.3 Å². The summed E-state index contributed by atoms with van der Waals surface area (Å²) in [5, 5.41) is 12.8. The first-order chi connectivity index (χ1) is 28.3. The molecule has 0 spiro atoms. The molecule has 59 heavy (non-hydrogen) atoms. The van der Waals surface area contributed by atoms with Gasteiger partial charge >= 0.3 is 29.6 Å². The van der Waals surface area contributed by atoms with Gasteiger partial charge in [0.25, 0.3) is 0 Å². The van der Waals surface area contributed by atoms with E-state index in [1.54, 1.807) is 24.3 Å². The second-order valence-electron chi connectivity index (χ2n) is 13.2. The zero-order chi connectivity index (χ0) is 39.7. The van der Waals surface area contributed by atoms with Crippen molar-refractivity contribution in [2.24, 2.45) is 0 Å². The molecule has 0 amide bonds. The van der Waals surface area contributed by atoms with E-state index in [1.165, 1.54) is 6.07 Å². The molecule has 4 N–H and O–H groups in total. The summed E-state index contributed by atoms with van der Waals surface area (Å²) in [7, 11) is -4.88. The number of morpholine rings is 2. The number of hydrogen-bond acceptors (Lipinski definition) is 17. The average molecular weight is 823 g/mol. The molecule has 4 heterocycles. The van der Waals surface area contributed by atoms with Crippen molar-refractivity contribution in [1.82, 2.24) is 29.9 Å². The van der Waals surface area contributed by atoms with E-state index in [-0.39, 0.29) is 41.1 Å². The Hall–Kier alpha value is -5.73. The van der Waals surface area contributed by atoms with E-state index in [9.17, 15) is 13.0 Å². The molecular weight excluding hydrogens is 784 g/mol. The van der Waals surface area contributed by atoms with E-state index >= 15 is 0 Å². The summed E-state index contributed by atoms with van der Waals surface area (Å²) in [6.45, 7) is 4.73. The minimum atomic E-state index is -4.88. The number of aromatic nitrogens is 6. The van der Waals surface area contributed by atoms with Gasteiger partial charge in [0.2, 0.25) is 35.7 Å². The number of rotatable bonds is 13. The zero-order valence-corrected chi connectivity index (χ0v) is 35.0. The Labute approximate surface area is 363 Å². The number of benzene rings is 4. The van der Waals surface area contributed by atoms with E-state index in [1.807, 2.05) is 89.8 Å². The number of nitrogens with one attached hydrogen (secondary N) is 4. The van der Waals surface area contributed by atoms with Crippen LogP contribution in [0.4, 0.5) is 58.4 Å². The molecule has 4 aromatic carbocycles.